The van der Waals surface area contributed by atoms with E-state index >= 15 is 0 Å². The molecule has 0 N–H and O–H groups in total. The van der Waals surface area contributed by atoms with Gasteiger partial charge in [-0.2, -0.15) is 10.1 Å². The van der Waals surface area contributed by atoms with Gasteiger partial charge in [-0.05, 0) is 30.9 Å². The van der Waals surface area contributed by atoms with Crippen molar-refractivity contribution in [2.24, 2.45) is 0 Å². The predicted molar refractivity (Wildman–Crippen MR) is 68.8 cm³/mol. The number of aromatic nitrogens is 4. The Labute approximate surface area is 110 Å². The zero-order valence-electron chi connectivity index (χ0n) is 10.3. The molecule has 96 valence electrons. The van der Waals surface area contributed by atoms with Crippen LogP contribution in [-0.2, 0) is 11.2 Å². The zero-order valence-corrected chi connectivity index (χ0v) is 11.0. The van der Waals surface area contributed by atoms with E-state index in [-0.39, 0.29) is 5.28 Å². The first-order valence-electron chi connectivity index (χ1n) is 6.27. The Hall–Kier alpha value is -1.20. The molecule has 1 aliphatic rings. The normalized spacial score (nSPS) is 17.4. The standard InChI is InChI=1S/C12H15ClN4O/c1-2-10-9-7-14-12(13)15-11(9)17(16-10)8-3-5-18-6-4-8/h7-8H,2-6H2,1H3. The molecule has 1 fully saturated rings. The third-order valence-electron chi connectivity index (χ3n) is 3.37. The van der Waals surface area contributed by atoms with E-state index in [0.29, 0.717) is 6.04 Å². The second-order valence-corrected chi connectivity index (χ2v) is 4.80. The SMILES string of the molecule is CCc1nn(C2CCOCC2)c2nc(Cl)ncc12. The molecule has 3 rings (SSSR count). The molecule has 2 aromatic heterocycles. The highest BCUT2D eigenvalue weighted by molar-refractivity contribution is 6.28. The number of fused-ring (bicyclic) bond motifs is 1. The molecule has 5 nitrogen and oxygen atoms in total. The molecule has 2 aromatic rings. The van der Waals surface area contributed by atoms with E-state index in [1.807, 2.05) is 4.68 Å². The van der Waals surface area contributed by atoms with Gasteiger partial charge < -0.3 is 4.74 Å². The van der Waals surface area contributed by atoms with E-state index < -0.39 is 0 Å². The molecule has 3 heterocycles. The van der Waals surface area contributed by atoms with Gasteiger partial charge >= 0.3 is 0 Å². The molecule has 1 aliphatic heterocycles. The summed E-state index contributed by atoms with van der Waals surface area (Å²) in [7, 11) is 0. The molecule has 0 aromatic carbocycles. The average molecular weight is 267 g/mol. The van der Waals surface area contributed by atoms with Gasteiger partial charge in [0.2, 0.25) is 5.28 Å². The van der Waals surface area contributed by atoms with Gasteiger partial charge in [0.1, 0.15) is 0 Å². The van der Waals surface area contributed by atoms with Crippen LogP contribution in [0.5, 0.6) is 0 Å². The van der Waals surface area contributed by atoms with Gasteiger partial charge in [-0.3, -0.25) is 0 Å². The van der Waals surface area contributed by atoms with E-state index in [1.165, 1.54) is 0 Å². The van der Waals surface area contributed by atoms with Crippen LogP contribution in [0.25, 0.3) is 11.0 Å². The van der Waals surface area contributed by atoms with Crippen LogP contribution < -0.4 is 0 Å². The third-order valence-corrected chi connectivity index (χ3v) is 3.55. The Bertz CT molecular complexity index is 562. The maximum absolute atomic E-state index is 5.89. The summed E-state index contributed by atoms with van der Waals surface area (Å²) in [6, 6.07) is 0.354. The second-order valence-electron chi connectivity index (χ2n) is 4.46. The van der Waals surface area contributed by atoms with Crippen molar-refractivity contribution < 1.29 is 4.74 Å². The Morgan fingerprint density at radius 3 is 2.94 bits per heavy atom. The predicted octanol–water partition coefficient (Wildman–Crippen LogP) is 2.39. The van der Waals surface area contributed by atoms with Crippen LogP contribution in [0.1, 0.15) is 31.5 Å². The summed E-state index contributed by atoms with van der Waals surface area (Å²) in [5, 5.41) is 5.96. The van der Waals surface area contributed by atoms with Crippen LogP contribution in [0.2, 0.25) is 5.28 Å². The van der Waals surface area contributed by atoms with Gasteiger partial charge in [0.15, 0.2) is 5.65 Å². The van der Waals surface area contributed by atoms with Crippen molar-refractivity contribution >= 4 is 22.6 Å². The van der Waals surface area contributed by atoms with Crippen LogP contribution in [0.4, 0.5) is 0 Å². The molecule has 0 saturated carbocycles. The lowest BCUT2D eigenvalue weighted by Gasteiger charge is -2.22. The maximum atomic E-state index is 5.89. The lowest BCUT2D eigenvalue weighted by Crippen LogP contribution is -2.20. The van der Waals surface area contributed by atoms with Gasteiger partial charge in [0.05, 0.1) is 17.1 Å². The van der Waals surface area contributed by atoms with Crippen LogP contribution in [0.3, 0.4) is 0 Å². The molecule has 0 radical (unpaired) electrons. The van der Waals surface area contributed by atoms with E-state index in [1.54, 1.807) is 6.20 Å². The summed E-state index contributed by atoms with van der Waals surface area (Å²) in [4.78, 5) is 8.38. The highest BCUT2D eigenvalue weighted by Crippen LogP contribution is 2.26. The van der Waals surface area contributed by atoms with Crippen molar-refractivity contribution in [2.45, 2.75) is 32.2 Å². The van der Waals surface area contributed by atoms with E-state index in [0.717, 1.165) is 49.2 Å². The summed E-state index contributed by atoms with van der Waals surface area (Å²) in [6.07, 6.45) is 4.59. The number of hydrogen-bond donors (Lipinski definition) is 0. The Kier molecular flexibility index (Phi) is 3.18. The number of rotatable bonds is 2. The number of halogens is 1. The van der Waals surface area contributed by atoms with Crippen molar-refractivity contribution in [2.75, 3.05) is 13.2 Å². The van der Waals surface area contributed by atoms with Gasteiger partial charge in [-0.25, -0.2) is 9.67 Å². The zero-order chi connectivity index (χ0) is 12.5. The molecule has 0 atom stereocenters. The molecule has 0 spiro atoms. The fourth-order valence-corrected chi connectivity index (χ4v) is 2.54. The summed E-state index contributed by atoms with van der Waals surface area (Å²) in [5.41, 5.74) is 1.88. The lowest BCUT2D eigenvalue weighted by molar-refractivity contribution is 0.0672. The highest BCUT2D eigenvalue weighted by atomic mass is 35.5. The molecule has 0 amide bonds. The van der Waals surface area contributed by atoms with Crippen molar-refractivity contribution in [3.8, 4) is 0 Å². The van der Waals surface area contributed by atoms with E-state index in [2.05, 4.69) is 22.0 Å². The number of ether oxygens (including phenoxy) is 1. The van der Waals surface area contributed by atoms with E-state index in [9.17, 15) is 0 Å². The third kappa shape index (κ3) is 1.97. The molecule has 0 bridgehead atoms. The van der Waals surface area contributed by atoms with Crippen LogP contribution in [0, 0.1) is 0 Å². The van der Waals surface area contributed by atoms with Gasteiger partial charge in [-0.15, -0.1) is 0 Å². The smallest absolute Gasteiger partial charge is 0.224 e. The summed E-state index contributed by atoms with van der Waals surface area (Å²) in [6.45, 7) is 3.66. The first-order valence-corrected chi connectivity index (χ1v) is 6.64. The minimum atomic E-state index is 0.276. The van der Waals surface area contributed by atoms with Crippen molar-refractivity contribution in [1.82, 2.24) is 19.7 Å². The fourth-order valence-electron chi connectivity index (χ4n) is 2.41. The maximum Gasteiger partial charge on any atom is 0.224 e. The number of nitrogens with zero attached hydrogens (tertiary/aromatic N) is 4. The van der Waals surface area contributed by atoms with Crippen molar-refractivity contribution in [1.29, 1.82) is 0 Å². The first-order chi connectivity index (χ1) is 8.79. The summed E-state index contributed by atoms with van der Waals surface area (Å²) < 4.78 is 7.39. The molecule has 6 heteroatoms. The topological polar surface area (TPSA) is 52.8 Å². The minimum Gasteiger partial charge on any atom is -0.381 e. The van der Waals surface area contributed by atoms with Gasteiger partial charge in [-0.1, -0.05) is 6.92 Å². The molecule has 0 aliphatic carbocycles. The van der Waals surface area contributed by atoms with Crippen LogP contribution in [0.15, 0.2) is 6.20 Å². The van der Waals surface area contributed by atoms with E-state index in [4.69, 9.17) is 16.3 Å². The average Bonchev–Trinajstić information content (AvgIpc) is 2.77. The van der Waals surface area contributed by atoms with Crippen LogP contribution in [-0.4, -0.2) is 33.0 Å². The largest absolute Gasteiger partial charge is 0.381 e. The number of hydrogen-bond acceptors (Lipinski definition) is 4. The fraction of sp³-hybridized carbons (Fsp3) is 0.583. The molecule has 18 heavy (non-hydrogen) atoms. The Balaban J connectivity index is 2.12. The highest BCUT2D eigenvalue weighted by Gasteiger charge is 2.21. The Morgan fingerprint density at radius 2 is 2.22 bits per heavy atom. The molecular weight excluding hydrogens is 252 g/mol. The van der Waals surface area contributed by atoms with Crippen LogP contribution >= 0.6 is 11.6 Å². The quantitative estimate of drug-likeness (QED) is 0.783. The minimum absolute atomic E-state index is 0.276. The monoisotopic (exact) mass is 266 g/mol. The molecule has 0 unspecified atom stereocenters. The van der Waals surface area contributed by atoms with Crippen molar-refractivity contribution in [3.05, 3.63) is 17.2 Å². The lowest BCUT2D eigenvalue weighted by atomic mass is 10.1. The molecule has 1 saturated heterocycles. The number of aryl methyl sites for hydroxylation is 1. The summed E-state index contributed by atoms with van der Waals surface area (Å²) in [5.74, 6) is 0. The Morgan fingerprint density at radius 1 is 1.44 bits per heavy atom. The van der Waals surface area contributed by atoms with Gasteiger partial charge in [0.25, 0.3) is 0 Å². The van der Waals surface area contributed by atoms with Gasteiger partial charge in [0, 0.05) is 19.4 Å². The molecular formula is C12H15ClN4O. The summed E-state index contributed by atoms with van der Waals surface area (Å²) >= 11 is 5.89. The first kappa shape index (κ1) is 11.9. The second kappa shape index (κ2) is 4.82. The van der Waals surface area contributed by atoms with Crippen molar-refractivity contribution in [3.63, 3.8) is 0 Å².